The topological polar surface area (TPSA) is 49.9 Å². The van der Waals surface area contributed by atoms with Gasteiger partial charge in [-0.1, -0.05) is 12.1 Å². The van der Waals surface area contributed by atoms with E-state index < -0.39 is 10.0 Å². The van der Waals surface area contributed by atoms with Crippen molar-refractivity contribution >= 4 is 10.0 Å². The van der Waals surface area contributed by atoms with Crippen molar-refractivity contribution in [2.45, 2.75) is 37.1 Å². The lowest BCUT2D eigenvalue weighted by Gasteiger charge is -2.38. The Morgan fingerprint density at radius 2 is 2.00 bits per heavy atom. The normalized spacial score (nSPS) is 25.4. The Bertz CT molecular complexity index is 681. The summed E-state index contributed by atoms with van der Waals surface area (Å²) in [5.41, 5.74) is 1.22. The molecule has 1 spiro atoms. The number of piperidine rings is 1. The van der Waals surface area contributed by atoms with Gasteiger partial charge in [-0.25, -0.2) is 8.42 Å². The lowest BCUT2D eigenvalue weighted by molar-refractivity contribution is 0.129. The highest BCUT2D eigenvalue weighted by atomic mass is 32.2. The molecule has 0 amide bonds. The highest BCUT2D eigenvalue weighted by Crippen LogP contribution is 2.43. The van der Waals surface area contributed by atoms with Gasteiger partial charge in [0.15, 0.2) is 0 Å². The number of benzene rings is 1. The van der Waals surface area contributed by atoms with Crippen LogP contribution in [-0.4, -0.2) is 64.1 Å². The van der Waals surface area contributed by atoms with Crippen molar-refractivity contribution in [1.29, 1.82) is 0 Å². The number of likely N-dealkylation sites (N-methyl/N-ethyl adjacent to an activating group) is 1. The Labute approximate surface area is 145 Å². The van der Waals surface area contributed by atoms with E-state index in [4.69, 9.17) is 4.74 Å². The predicted molar refractivity (Wildman–Crippen MR) is 94.5 cm³/mol. The molecule has 0 bridgehead atoms. The average Bonchev–Trinajstić information content (AvgIpc) is 2.83. The summed E-state index contributed by atoms with van der Waals surface area (Å²) in [5, 5.41) is 0. The van der Waals surface area contributed by atoms with E-state index in [1.54, 1.807) is 23.5 Å². The molecular weight excluding hydrogens is 324 g/mol. The van der Waals surface area contributed by atoms with E-state index in [-0.39, 0.29) is 5.41 Å². The molecule has 0 unspecified atom stereocenters. The van der Waals surface area contributed by atoms with Gasteiger partial charge in [-0.2, -0.15) is 4.31 Å². The van der Waals surface area contributed by atoms with Gasteiger partial charge in [-0.3, -0.25) is 0 Å². The molecule has 5 nitrogen and oxygen atoms in total. The minimum absolute atomic E-state index is 0.247. The van der Waals surface area contributed by atoms with Crippen molar-refractivity contribution in [1.82, 2.24) is 9.21 Å². The highest BCUT2D eigenvalue weighted by molar-refractivity contribution is 7.89. The van der Waals surface area contributed by atoms with E-state index in [1.807, 2.05) is 19.1 Å². The predicted octanol–water partition coefficient (Wildman–Crippen LogP) is 2.12. The summed E-state index contributed by atoms with van der Waals surface area (Å²) in [7, 11) is 0.520. The molecule has 0 saturated carbocycles. The summed E-state index contributed by atoms with van der Waals surface area (Å²) in [6.45, 7) is 4.95. The molecule has 0 N–H and O–H groups in total. The minimum atomic E-state index is -3.37. The summed E-state index contributed by atoms with van der Waals surface area (Å²) in [6, 6.07) is 7.65. The fourth-order valence-electron chi connectivity index (χ4n) is 4.24. The van der Waals surface area contributed by atoms with Gasteiger partial charge in [0.2, 0.25) is 10.0 Å². The van der Waals surface area contributed by atoms with E-state index in [1.165, 1.54) is 0 Å². The molecule has 2 aliphatic heterocycles. The maximum Gasteiger partial charge on any atom is 0.243 e. The molecule has 0 radical (unpaired) electrons. The van der Waals surface area contributed by atoms with Crippen LogP contribution in [0.5, 0.6) is 0 Å². The molecule has 3 rings (SSSR count). The van der Waals surface area contributed by atoms with E-state index in [0.717, 1.165) is 38.0 Å². The number of rotatable bonds is 4. The first-order valence-electron chi connectivity index (χ1n) is 8.62. The molecule has 1 aromatic rings. The zero-order valence-corrected chi connectivity index (χ0v) is 15.7. The zero-order valence-electron chi connectivity index (χ0n) is 14.9. The van der Waals surface area contributed by atoms with Crippen molar-refractivity contribution < 1.29 is 13.2 Å². The largest absolute Gasteiger partial charge is 0.383 e. The second kappa shape index (κ2) is 6.75. The summed E-state index contributed by atoms with van der Waals surface area (Å²) >= 11 is 0. The third-order valence-corrected chi connectivity index (χ3v) is 7.54. The summed E-state index contributed by atoms with van der Waals surface area (Å²) in [5.74, 6) is 0. The van der Waals surface area contributed by atoms with Gasteiger partial charge in [0, 0.05) is 32.8 Å². The van der Waals surface area contributed by atoms with Gasteiger partial charge in [0.25, 0.3) is 0 Å². The van der Waals surface area contributed by atoms with Gasteiger partial charge >= 0.3 is 0 Å². The maximum atomic E-state index is 12.9. The van der Waals surface area contributed by atoms with Crippen molar-refractivity contribution in [2.24, 2.45) is 5.41 Å². The van der Waals surface area contributed by atoms with Crippen molar-refractivity contribution in [3.8, 4) is 0 Å². The first-order chi connectivity index (χ1) is 11.4. The minimum Gasteiger partial charge on any atom is -0.383 e. The molecule has 1 atom stereocenters. The van der Waals surface area contributed by atoms with Crippen LogP contribution in [0.3, 0.4) is 0 Å². The molecule has 2 fully saturated rings. The second-order valence-electron chi connectivity index (χ2n) is 7.45. The van der Waals surface area contributed by atoms with Crippen LogP contribution in [0.4, 0.5) is 0 Å². The van der Waals surface area contributed by atoms with E-state index in [2.05, 4.69) is 11.9 Å². The monoisotopic (exact) mass is 352 g/mol. The fourth-order valence-corrected chi connectivity index (χ4v) is 5.79. The van der Waals surface area contributed by atoms with Crippen LogP contribution in [0.2, 0.25) is 0 Å². The van der Waals surface area contributed by atoms with Gasteiger partial charge in [0.05, 0.1) is 11.5 Å². The summed E-state index contributed by atoms with van der Waals surface area (Å²) in [4.78, 5) is 2.79. The number of hydrogen-bond donors (Lipinski definition) is 0. The fraction of sp³-hybridized carbons (Fsp3) is 0.667. The van der Waals surface area contributed by atoms with Crippen molar-refractivity contribution in [2.75, 3.05) is 40.4 Å². The molecule has 0 aliphatic carbocycles. The van der Waals surface area contributed by atoms with E-state index in [9.17, 15) is 8.42 Å². The van der Waals surface area contributed by atoms with E-state index in [0.29, 0.717) is 24.0 Å². The van der Waals surface area contributed by atoms with Crippen molar-refractivity contribution in [3.63, 3.8) is 0 Å². The highest BCUT2D eigenvalue weighted by Gasteiger charge is 2.45. The molecule has 24 heavy (non-hydrogen) atoms. The standard InChI is InChI=1S/C18H28N2O3S/c1-15-5-4-6-17(11-15)24(21,22)20-9-7-18(8-10-20)12-16(13-23-3)19(2)14-18/h4-6,11,16H,7-10,12-14H2,1-3H3/t16-/m1/s1. The summed E-state index contributed by atoms with van der Waals surface area (Å²) in [6.07, 6.45) is 2.97. The second-order valence-corrected chi connectivity index (χ2v) is 9.39. The Morgan fingerprint density at radius 1 is 1.29 bits per heavy atom. The smallest absolute Gasteiger partial charge is 0.243 e. The third-order valence-electron chi connectivity index (χ3n) is 5.65. The van der Waals surface area contributed by atoms with Crippen LogP contribution in [-0.2, 0) is 14.8 Å². The molecule has 6 heteroatoms. The molecule has 134 valence electrons. The Hall–Kier alpha value is -0.950. The number of likely N-dealkylation sites (tertiary alicyclic amines) is 1. The van der Waals surface area contributed by atoms with Gasteiger partial charge in [-0.05, 0) is 56.3 Å². The average molecular weight is 353 g/mol. The van der Waals surface area contributed by atoms with Crippen molar-refractivity contribution in [3.05, 3.63) is 29.8 Å². The van der Waals surface area contributed by atoms with Gasteiger partial charge in [-0.15, -0.1) is 0 Å². The number of ether oxygens (including phenoxy) is 1. The third kappa shape index (κ3) is 3.38. The van der Waals surface area contributed by atoms with Gasteiger partial charge < -0.3 is 9.64 Å². The lowest BCUT2D eigenvalue weighted by Crippen LogP contribution is -2.44. The quantitative estimate of drug-likeness (QED) is 0.833. The van der Waals surface area contributed by atoms with Crippen LogP contribution in [0, 0.1) is 12.3 Å². The van der Waals surface area contributed by atoms with Crippen LogP contribution >= 0.6 is 0 Å². The molecular formula is C18H28N2O3S. The van der Waals surface area contributed by atoms with Crippen LogP contribution in [0.25, 0.3) is 0 Å². The lowest BCUT2D eigenvalue weighted by atomic mass is 9.77. The summed E-state index contributed by atoms with van der Waals surface area (Å²) < 4.78 is 32.7. The molecule has 2 aliphatic rings. The Morgan fingerprint density at radius 3 is 2.62 bits per heavy atom. The van der Waals surface area contributed by atoms with Gasteiger partial charge in [0.1, 0.15) is 0 Å². The molecule has 2 saturated heterocycles. The van der Waals surface area contributed by atoms with E-state index >= 15 is 0 Å². The zero-order chi connectivity index (χ0) is 17.4. The molecule has 1 aromatic carbocycles. The number of aryl methyl sites for hydroxylation is 1. The molecule has 0 aromatic heterocycles. The first kappa shape index (κ1) is 17.9. The number of nitrogens with zero attached hydrogens (tertiary/aromatic N) is 2. The number of methoxy groups -OCH3 is 1. The maximum absolute atomic E-state index is 12.9. The first-order valence-corrected chi connectivity index (χ1v) is 10.1. The van der Waals surface area contributed by atoms with Crippen LogP contribution in [0.15, 0.2) is 29.2 Å². The Kier molecular flexibility index (Phi) is 5.02. The number of sulfonamides is 1. The SMILES string of the molecule is COC[C@H]1CC2(CCN(S(=O)(=O)c3cccc(C)c3)CC2)CN1C. The van der Waals surface area contributed by atoms with Crippen LogP contribution < -0.4 is 0 Å². The molecule has 2 heterocycles. The Balaban J connectivity index is 1.69. The number of hydrogen-bond acceptors (Lipinski definition) is 4. The van der Waals surface area contributed by atoms with Crippen LogP contribution in [0.1, 0.15) is 24.8 Å².